The Labute approximate surface area is 102 Å². The second-order valence-corrected chi connectivity index (χ2v) is 6.01. The largest absolute Gasteiger partial charge is 0.465 e. The lowest BCUT2D eigenvalue weighted by atomic mass is 10.3. The van der Waals surface area contributed by atoms with Crippen molar-refractivity contribution in [1.29, 1.82) is 0 Å². The van der Waals surface area contributed by atoms with E-state index in [0.29, 0.717) is 6.54 Å². The molecular weight excluding hydrogens is 242 g/mol. The molecule has 0 amide bonds. The third kappa shape index (κ3) is 2.63. The molecule has 0 bridgehead atoms. The van der Waals surface area contributed by atoms with E-state index in [4.69, 9.17) is 10.2 Å². The lowest BCUT2D eigenvalue weighted by Gasteiger charge is -2.08. The molecule has 0 aliphatic heterocycles. The Kier molecular flexibility index (Phi) is 3.63. The molecule has 2 N–H and O–H groups in total. The Morgan fingerprint density at radius 1 is 1.44 bits per heavy atom. The lowest BCUT2D eigenvalue weighted by molar-refractivity contribution is 0.481. The monoisotopic (exact) mass is 255 g/mol. The van der Waals surface area contributed by atoms with E-state index in [1.165, 1.54) is 0 Å². The highest BCUT2D eigenvalue weighted by molar-refractivity contribution is 8.01. The van der Waals surface area contributed by atoms with Crippen LogP contribution in [-0.2, 0) is 0 Å². The van der Waals surface area contributed by atoms with E-state index in [1.807, 2.05) is 26.0 Å². The summed E-state index contributed by atoms with van der Waals surface area (Å²) in [6.07, 6.45) is 0. The first-order valence-electron chi connectivity index (χ1n) is 4.92. The van der Waals surface area contributed by atoms with E-state index < -0.39 is 0 Å². The van der Waals surface area contributed by atoms with E-state index in [2.05, 4.69) is 10.2 Å². The molecular formula is C10H13N3OS2. The molecule has 0 spiro atoms. The van der Waals surface area contributed by atoms with Crippen LogP contribution in [0.5, 0.6) is 0 Å². The van der Waals surface area contributed by atoms with Crippen LogP contribution >= 0.6 is 23.1 Å². The molecule has 0 saturated heterocycles. The molecule has 6 heteroatoms. The summed E-state index contributed by atoms with van der Waals surface area (Å²) >= 11 is 3.18. The normalized spacial score (nSPS) is 12.9. The van der Waals surface area contributed by atoms with E-state index in [0.717, 1.165) is 20.9 Å². The lowest BCUT2D eigenvalue weighted by Crippen LogP contribution is -2.08. The highest BCUT2D eigenvalue weighted by Gasteiger charge is 2.17. The van der Waals surface area contributed by atoms with Crippen molar-refractivity contribution in [3.8, 4) is 0 Å². The van der Waals surface area contributed by atoms with Gasteiger partial charge in [-0.05, 0) is 26.0 Å². The van der Waals surface area contributed by atoms with E-state index >= 15 is 0 Å². The van der Waals surface area contributed by atoms with Gasteiger partial charge in [-0.15, -0.1) is 10.2 Å². The van der Waals surface area contributed by atoms with Crippen molar-refractivity contribution < 1.29 is 4.42 Å². The van der Waals surface area contributed by atoms with Crippen LogP contribution in [0.2, 0.25) is 0 Å². The van der Waals surface area contributed by atoms with Crippen LogP contribution in [0.3, 0.4) is 0 Å². The molecule has 86 valence electrons. The van der Waals surface area contributed by atoms with Crippen LogP contribution < -0.4 is 5.73 Å². The quantitative estimate of drug-likeness (QED) is 0.850. The number of furan rings is 1. The molecule has 2 heterocycles. The Morgan fingerprint density at radius 3 is 2.75 bits per heavy atom. The number of thioether (sulfide) groups is 1. The van der Waals surface area contributed by atoms with Crippen molar-refractivity contribution in [2.24, 2.45) is 5.73 Å². The van der Waals surface area contributed by atoms with Gasteiger partial charge in [0.15, 0.2) is 4.34 Å². The molecule has 2 aromatic rings. The zero-order valence-electron chi connectivity index (χ0n) is 9.14. The topological polar surface area (TPSA) is 64.9 Å². The van der Waals surface area contributed by atoms with E-state index in [9.17, 15) is 0 Å². The summed E-state index contributed by atoms with van der Waals surface area (Å²) < 4.78 is 6.50. The molecule has 0 aromatic carbocycles. The minimum absolute atomic E-state index is 0.112. The van der Waals surface area contributed by atoms with Gasteiger partial charge in [0.05, 0.1) is 5.25 Å². The van der Waals surface area contributed by atoms with E-state index in [-0.39, 0.29) is 5.25 Å². The average Bonchev–Trinajstić information content (AvgIpc) is 2.84. The number of nitrogens with two attached hydrogens (primary N) is 1. The number of hydrogen-bond acceptors (Lipinski definition) is 6. The third-order valence-electron chi connectivity index (χ3n) is 2.04. The Morgan fingerprint density at radius 2 is 2.25 bits per heavy atom. The third-order valence-corrected chi connectivity index (χ3v) is 4.21. The first-order chi connectivity index (χ1) is 7.69. The molecule has 0 aliphatic carbocycles. The van der Waals surface area contributed by atoms with Gasteiger partial charge in [0.2, 0.25) is 0 Å². The van der Waals surface area contributed by atoms with E-state index in [1.54, 1.807) is 23.1 Å². The SMILES string of the molecule is Cc1ccc(C(CN)Sc2nnc(C)s2)o1. The summed E-state index contributed by atoms with van der Waals surface area (Å²) in [6.45, 7) is 4.39. The summed E-state index contributed by atoms with van der Waals surface area (Å²) in [4.78, 5) is 0. The van der Waals surface area contributed by atoms with Crippen molar-refractivity contribution in [2.75, 3.05) is 6.54 Å². The van der Waals surface area contributed by atoms with Gasteiger partial charge in [-0.1, -0.05) is 23.1 Å². The van der Waals surface area contributed by atoms with Crippen LogP contribution in [0.25, 0.3) is 0 Å². The summed E-state index contributed by atoms with van der Waals surface area (Å²) in [7, 11) is 0. The van der Waals surface area contributed by atoms with Crippen LogP contribution in [0.15, 0.2) is 20.9 Å². The summed E-state index contributed by atoms with van der Waals surface area (Å²) in [6, 6.07) is 3.91. The molecule has 4 nitrogen and oxygen atoms in total. The highest BCUT2D eigenvalue weighted by atomic mass is 32.2. The number of aromatic nitrogens is 2. The van der Waals surface area contributed by atoms with Crippen molar-refractivity contribution in [3.63, 3.8) is 0 Å². The van der Waals surface area contributed by atoms with Crippen molar-refractivity contribution >= 4 is 23.1 Å². The summed E-state index contributed by atoms with van der Waals surface area (Å²) in [5, 5.41) is 9.13. The van der Waals surface area contributed by atoms with Crippen molar-refractivity contribution in [3.05, 3.63) is 28.7 Å². The first-order valence-corrected chi connectivity index (χ1v) is 6.62. The molecule has 1 atom stereocenters. The fourth-order valence-electron chi connectivity index (χ4n) is 1.30. The summed E-state index contributed by atoms with van der Waals surface area (Å²) in [5.74, 6) is 1.81. The van der Waals surface area contributed by atoms with Crippen LogP contribution in [-0.4, -0.2) is 16.7 Å². The van der Waals surface area contributed by atoms with Gasteiger partial charge < -0.3 is 10.2 Å². The van der Waals surface area contributed by atoms with Gasteiger partial charge in [-0.2, -0.15) is 0 Å². The Bertz CT molecular complexity index is 466. The van der Waals surface area contributed by atoms with Gasteiger partial charge in [-0.25, -0.2) is 0 Å². The van der Waals surface area contributed by atoms with Crippen molar-refractivity contribution in [1.82, 2.24) is 10.2 Å². The van der Waals surface area contributed by atoms with Gasteiger partial charge in [0.25, 0.3) is 0 Å². The Hall–Kier alpha value is -0.850. The molecule has 0 aliphatic rings. The molecule has 0 radical (unpaired) electrons. The first kappa shape index (κ1) is 11.6. The average molecular weight is 255 g/mol. The minimum atomic E-state index is 0.112. The smallest absolute Gasteiger partial charge is 0.175 e. The Balaban J connectivity index is 2.12. The number of hydrogen-bond donors (Lipinski definition) is 1. The maximum absolute atomic E-state index is 5.74. The molecule has 16 heavy (non-hydrogen) atoms. The second-order valence-electron chi connectivity index (χ2n) is 3.38. The zero-order valence-corrected chi connectivity index (χ0v) is 10.8. The molecule has 1 unspecified atom stereocenters. The molecule has 0 saturated carbocycles. The maximum Gasteiger partial charge on any atom is 0.175 e. The van der Waals surface area contributed by atoms with Crippen molar-refractivity contribution in [2.45, 2.75) is 23.4 Å². The summed E-state index contributed by atoms with van der Waals surface area (Å²) in [5.41, 5.74) is 5.74. The maximum atomic E-state index is 5.74. The van der Waals surface area contributed by atoms with Crippen LogP contribution in [0.4, 0.5) is 0 Å². The fourth-order valence-corrected chi connectivity index (χ4v) is 3.29. The molecule has 2 rings (SSSR count). The zero-order chi connectivity index (χ0) is 11.5. The van der Waals surface area contributed by atoms with Gasteiger partial charge >= 0.3 is 0 Å². The van der Waals surface area contributed by atoms with Gasteiger partial charge in [-0.3, -0.25) is 0 Å². The molecule has 0 fully saturated rings. The van der Waals surface area contributed by atoms with Crippen LogP contribution in [0.1, 0.15) is 21.8 Å². The number of rotatable bonds is 4. The highest BCUT2D eigenvalue weighted by Crippen LogP contribution is 2.36. The number of nitrogens with zero attached hydrogens (tertiary/aromatic N) is 2. The minimum Gasteiger partial charge on any atom is -0.465 e. The molecule has 2 aromatic heterocycles. The van der Waals surface area contributed by atoms with Gasteiger partial charge in [0.1, 0.15) is 16.5 Å². The van der Waals surface area contributed by atoms with Crippen LogP contribution in [0, 0.1) is 13.8 Å². The fraction of sp³-hybridized carbons (Fsp3) is 0.400. The van der Waals surface area contributed by atoms with Gasteiger partial charge in [0, 0.05) is 6.54 Å². The standard InChI is InChI=1S/C10H13N3OS2/c1-6-3-4-8(14-6)9(5-11)16-10-13-12-7(2)15-10/h3-4,9H,5,11H2,1-2H3. The predicted octanol–water partition coefficient (Wildman–Crippen LogP) is 2.54. The second kappa shape index (κ2) is 4.99. The number of aryl methyl sites for hydroxylation is 2. The predicted molar refractivity (Wildman–Crippen MR) is 65.7 cm³/mol.